The minimum absolute atomic E-state index is 0.277. The first-order valence-corrected chi connectivity index (χ1v) is 5.06. The van der Waals surface area contributed by atoms with E-state index >= 15 is 0 Å². The van der Waals surface area contributed by atoms with E-state index in [0.717, 1.165) is 0 Å². The first kappa shape index (κ1) is 7.97. The average molecular weight is 165 g/mol. The van der Waals surface area contributed by atoms with E-state index in [0.29, 0.717) is 13.2 Å². The van der Waals surface area contributed by atoms with Gasteiger partial charge < -0.3 is 4.74 Å². The predicted octanol–water partition coefficient (Wildman–Crippen LogP) is -1.02. The predicted molar refractivity (Wildman–Crippen MR) is 37.5 cm³/mol. The largest absolute Gasteiger partial charge is 0.377 e. The molecule has 1 fully saturated rings. The van der Waals surface area contributed by atoms with Crippen LogP contribution in [-0.4, -0.2) is 39.8 Å². The molecule has 60 valence electrons. The van der Waals surface area contributed by atoms with Crippen molar-refractivity contribution in [1.82, 2.24) is 5.32 Å². The molecule has 0 spiro atoms. The molecule has 1 unspecified atom stereocenters. The van der Waals surface area contributed by atoms with E-state index in [1.807, 2.05) is 0 Å². The van der Waals surface area contributed by atoms with Crippen LogP contribution in [0.2, 0.25) is 0 Å². The lowest BCUT2D eigenvalue weighted by Gasteiger charge is -2.21. The van der Waals surface area contributed by atoms with Crippen molar-refractivity contribution >= 4 is 9.84 Å². The molecule has 0 aromatic heterocycles. The van der Waals surface area contributed by atoms with Crippen molar-refractivity contribution in [2.45, 2.75) is 5.37 Å². The van der Waals surface area contributed by atoms with E-state index in [1.165, 1.54) is 6.26 Å². The highest BCUT2D eigenvalue weighted by molar-refractivity contribution is 7.91. The summed E-state index contributed by atoms with van der Waals surface area (Å²) in [5, 5.41) is 2.35. The van der Waals surface area contributed by atoms with Crippen molar-refractivity contribution in [2.24, 2.45) is 0 Å². The van der Waals surface area contributed by atoms with Crippen LogP contribution in [0.15, 0.2) is 0 Å². The summed E-state index contributed by atoms with van der Waals surface area (Å²) in [6.07, 6.45) is 1.21. The molecule has 0 amide bonds. The fourth-order valence-electron chi connectivity index (χ4n) is 0.816. The lowest BCUT2D eigenvalue weighted by atomic mass is 10.5. The highest BCUT2D eigenvalue weighted by Crippen LogP contribution is 1.99. The van der Waals surface area contributed by atoms with Gasteiger partial charge in [0.1, 0.15) is 5.37 Å². The molecule has 1 rings (SSSR count). The molecule has 0 aromatic carbocycles. The van der Waals surface area contributed by atoms with Crippen molar-refractivity contribution in [3.8, 4) is 0 Å². The lowest BCUT2D eigenvalue weighted by molar-refractivity contribution is 0.0980. The van der Waals surface area contributed by atoms with E-state index in [-0.39, 0.29) is 6.61 Å². The smallest absolute Gasteiger partial charge is 0.165 e. The van der Waals surface area contributed by atoms with Crippen molar-refractivity contribution in [2.75, 3.05) is 26.0 Å². The molecule has 0 bridgehead atoms. The van der Waals surface area contributed by atoms with Crippen molar-refractivity contribution < 1.29 is 13.2 Å². The summed E-state index contributed by atoms with van der Waals surface area (Å²) in [6.45, 7) is 1.50. The zero-order chi connectivity index (χ0) is 7.61. The van der Waals surface area contributed by atoms with Gasteiger partial charge in [-0.3, -0.25) is 5.32 Å². The molecule has 0 radical (unpaired) electrons. The molecule has 5 heteroatoms. The van der Waals surface area contributed by atoms with Gasteiger partial charge in [-0.2, -0.15) is 0 Å². The van der Waals surface area contributed by atoms with Crippen molar-refractivity contribution in [3.05, 3.63) is 0 Å². The van der Waals surface area contributed by atoms with Gasteiger partial charge in [-0.1, -0.05) is 0 Å². The topological polar surface area (TPSA) is 55.4 Å². The maximum atomic E-state index is 10.8. The fourth-order valence-corrected chi connectivity index (χ4v) is 1.58. The molecule has 1 aliphatic heterocycles. The van der Waals surface area contributed by atoms with Crippen LogP contribution in [0.4, 0.5) is 0 Å². The highest BCUT2D eigenvalue weighted by atomic mass is 32.2. The minimum Gasteiger partial charge on any atom is -0.377 e. The first-order chi connectivity index (χ1) is 4.61. The second-order valence-corrected chi connectivity index (χ2v) is 4.58. The number of hydrogen-bond donors (Lipinski definition) is 1. The normalized spacial score (nSPS) is 28.3. The van der Waals surface area contributed by atoms with Crippen LogP contribution in [0.5, 0.6) is 0 Å². The van der Waals surface area contributed by atoms with E-state index in [4.69, 9.17) is 4.74 Å². The lowest BCUT2D eigenvalue weighted by Crippen LogP contribution is -2.45. The number of hydrogen-bond acceptors (Lipinski definition) is 4. The third-order valence-corrected chi connectivity index (χ3v) is 2.74. The van der Waals surface area contributed by atoms with Crippen molar-refractivity contribution in [1.29, 1.82) is 0 Å². The number of rotatable bonds is 1. The van der Waals surface area contributed by atoms with E-state index in [2.05, 4.69) is 5.32 Å². The molecule has 0 aromatic rings. The van der Waals surface area contributed by atoms with Gasteiger partial charge in [-0.15, -0.1) is 0 Å². The molecule has 1 aliphatic rings. The van der Waals surface area contributed by atoms with Gasteiger partial charge in [0.2, 0.25) is 0 Å². The summed E-state index contributed by atoms with van der Waals surface area (Å²) >= 11 is 0. The quantitative estimate of drug-likeness (QED) is 0.540. The van der Waals surface area contributed by atoms with Crippen LogP contribution < -0.4 is 5.32 Å². The van der Waals surface area contributed by atoms with Gasteiger partial charge in [0, 0.05) is 12.8 Å². The molecular weight excluding hydrogens is 154 g/mol. The van der Waals surface area contributed by atoms with Crippen LogP contribution in [0.1, 0.15) is 0 Å². The second-order valence-electron chi connectivity index (χ2n) is 2.35. The van der Waals surface area contributed by atoms with Gasteiger partial charge in [-0.05, 0) is 0 Å². The third-order valence-electron chi connectivity index (χ3n) is 1.40. The SMILES string of the molecule is CS(=O)(=O)C1COCCN1. The first-order valence-electron chi connectivity index (χ1n) is 3.11. The van der Waals surface area contributed by atoms with E-state index in [9.17, 15) is 8.42 Å². The Morgan fingerprint density at radius 3 is 2.60 bits per heavy atom. The molecule has 0 aliphatic carbocycles. The molecule has 1 N–H and O–H groups in total. The molecule has 4 nitrogen and oxygen atoms in total. The highest BCUT2D eigenvalue weighted by Gasteiger charge is 2.22. The average Bonchev–Trinajstić information content (AvgIpc) is 1.88. The second kappa shape index (κ2) is 2.86. The van der Waals surface area contributed by atoms with E-state index < -0.39 is 15.2 Å². The van der Waals surface area contributed by atoms with Crippen LogP contribution >= 0.6 is 0 Å². The Morgan fingerprint density at radius 2 is 2.30 bits per heavy atom. The zero-order valence-electron chi connectivity index (χ0n) is 5.83. The van der Waals surface area contributed by atoms with Gasteiger partial charge >= 0.3 is 0 Å². The maximum absolute atomic E-state index is 10.8. The van der Waals surface area contributed by atoms with Gasteiger partial charge in [0.15, 0.2) is 9.84 Å². The molecule has 10 heavy (non-hydrogen) atoms. The summed E-state index contributed by atoms with van der Waals surface area (Å²) in [6, 6.07) is 0. The monoisotopic (exact) mass is 165 g/mol. The molecule has 1 atom stereocenters. The Labute approximate surface area is 60.5 Å². The van der Waals surface area contributed by atoms with Crippen LogP contribution in [0, 0.1) is 0 Å². The Kier molecular flexibility index (Phi) is 2.28. The molecule has 1 saturated heterocycles. The number of nitrogens with one attached hydrogen (secondary N) is 1. The van der Waals surface area contributed by atoms with Crippen molar-refractivity contribution in [3.63, 3.8) is 0 Å². The van der Waals surface area contributed by atoms with Gasteiger partial charge in [0.25, 0.3) is 0 Å². The minimum atomic E-state index is -2.96. The molecular formula is C5H11NO3S. The maximum Gasteiger partial charge on any atom is 0.165 e. The van der Waals surface area contributed by atoms with Crippen LogP contribution in [-0.2, 0) is 14.6 Å². The summed E-state index contributed by atoms with van der Waals surface area (Å²) in [4.78, 5) is 0. The molecule has 1 heterocycles. The third kappa shape index (κ3) is 1.93. The summed E-state index contributed by atoms with van der Waals surface area (Å²) in [5.74, 6) is 0. The van der Waals surface area contributed by atoms with E-state index in [1.54, 1.807) is 0 Å². The standard InChI is InChI=1S/C5H11NO3S/c1-10(7,8)5-4-9-3-2-6-5/h5-6H,2-4H2,1H3. The Morgan fingerprint density at radius 1 is 1.60 bits per heavy atom. The number of ether oxygens (including phenoxy) is 1. The van der Waals surface area contributed by atoms with Crippen LogP contribution in [0.25, 0.3) is 0 Å². The Hall–Kier alpha value is -0.130. The number of sulfone groups is 1. The van der Waals surface area contributed by atoms with Crippen LogP contribution in [0.3, 0.4) is 0 Å². The fraction of sp³-hybridized carbons (Fsp3) is 1.00. The van der Waals surface area contributed by atoms with Gasteiger partial charge in [0.05, 0.1) is 13.2 Å². The number of morpholine rings is 1. The zero-order valence-corrected chi connectivity index (χ0v) is 6.65. The van der Waals surface area contributed by atoms with Gasteiger partial charge in [-0.25, -0.2) is 8.42 Å². The summed E-state index contributed by atoms with van der Waals surface area (Å²) in [7, 11) is -2.96. The Bertz CT molecular complexity index is 193. The Balaban J connectivity index is 2.56. The summed E-state index contributed by atoms with van der Waals surface area (Å²) < 4.78 is 26.7. The molecule has 0 saturated carbocycles. The summed E-state index contributed by atoms with van der Waals surface area (Å²) in [5.41, 5.74) is 0.